The zero-order valence-corrected chi connectivity index (χ0v) is 13.9. The molecule has 3 amide bonds. The zero-order chi connectivity index (χ0) is 17.1. The predicted octanol–water partition coefficient (Wildman–Crippen LogP) is 0.978. The largest absolute Gasteiger partial charge is 0.351 e. The molecule has 3 rings (SSSR count). The van der Waals surface area contributed by atoms with E-state index in [-0.39, 0.29) is 23.7 Å². The number of likely N-dealkylation sites (tertiary alicyclic amines) is 2. The molecular weight excluding hydrogens is 304 g/mol. The van der Waals surface area contributed by atoms with E-state index in [4.69, 9.17) is 11.5 Å². The number of nitrogens with zero attached hydrogens (tertiary/aromatic N) is 2. The smallest absolute Gasteiger partial charge is 0.314 e. The van der Waals surface area contributed by atoms with Crippen molar-refractivity contribution in [2.24, 2.45) is 23.3 Å². The van der Waals surface area contributed by atoms with Crippen LogP contribution in [0.3, 0.4) is 0 Å². The summed E-state index contributed by atoms with van der Waals surface area (Å²) in [6.45, 7) is 3.06. The topological polar surface area (TPSA) is 92.7 Å². The molecule has 1 unspecified atom stereocenters. The Hall–Kier alpha value is -2.08. The minimum Gasteiger partial charge on any atom is -0.351 e. The van der Waals surface area contributed by atoms with E-state index in [1.165, 1.54) is 5.56 Å². The van der Waals surface area contributed by atoms with Gasteiger partial charge in [0.1, 0.15) is 0 Å². The summed E-state index contributed by atoms with van der Waals surface area (Å²) in [5.41, 5.74) is 12.6. The van der Waals surface area contributed by atoms with Crippen LogP contribution in [0, 0.1) is 11.8 Å². The van der Waals surface area contributed by atoms with E-state index >= 15 is 0 Å². The molecule has 0 aliphatic carbocycles. The van der Waals surface area contributed by atoms with Gasteiger partial charge in [-0.3, -0.25) is 4.79 Å². The molecule has 0 radical (unpaired) electrons. The molecule has 2 aliphatic heterocycles. The van der Waals surface area contributed by atoms with Crippen molar-refractivity contribution in [3.05, 3.63) is 35.9 Å². The van der Waals surface area contributed by atoms with Crippen LogP contribution < -0.4 is 11.5 Å². The van der Waals surface area contributed by atoms with Crippen molar-refractivity contribution in [2.75, 3.05) is 32.7 Å². The van der Waals surface area contributed by atoms with E-state index in [2.05, 4.69) is 12.1 Å². The Morgan fingerprint density at radius 2 is 1.83 bits per heavy atom. The lowest BCUT2D eigenvalue weighted by Gasteiger charge is -2.33. The molecule has 2 heterocycles. The number of rotatable bonds is 3. The Bertz CT molecular complexity index is 592. The number of carbonyl (C=O) groups excluding carboxylic acids is 2. The van der Waals surface area contributed by atoms with Crippen LogP contribution in [-0.4, -0.2) is 54.5 Å². The lowest BCUT2D eigenvalue weighted by atomic mass is 9.89. The van der Waals surface area contributed by atoms with Crippen molar-refractivity contribution >= 4 is 11.9 Å². The molecule has 1 aromatic rings. The Morgan fingerprint density at radius 3 is 2.50 bits per heavy atom. The highest BCUT2D eigenvalue weighted by molar-refractivity contribution is 5.81. The van der Waals surface area contributed by atoms with Gasteiger partial charge in [-0.1, -0.05) is 30.3 Å². The lowest BCUT2D eigenvalue weighted by molar-refractivity contribution is -0.136. The number of piperidine rings is 1. The second kappa shape index (κ2) is 7.21. The Morgan fingerprint density at radius 1 is 1.08 bits per heavy atom. The number of primary amides is 1. The molecule has 2 saturated heterocycles. The molecular formula is C18H26N4O2. The number of hydrogen-bond donors (Lipinski definition) is 2. The van der Waals surface area contributed by atoms with Crippen LogP contribution in [0.5, 0.6) is 0 Å². The predicted molar refractivity (Wildman–Crippen MR) is 92.2 cm³/mol. The quantitative estimate of drug-likeness (QED) is 0.865. The highest BCUT2D eigenvalue weighted by Gasteiger charge is 2.38. The summed E-state index contributed by atoms with van der Waals surface area (Å²) < 4.78 is 0. The number of benzene rings is 1. The van der Waals surface area contributed by atoms with Crippen molar-refractivity contribution in [1.29, 1.82) is 0 Å². The molecule has 3 atom stereocenters. The Labute approximate surface area is 142 Å². The average molecular weight is 330 g/mol. The van der Waals surface area contributed by atoms with E-state index < -0.39 is 6.03 Å². The summed E-state index contributed by atoms with van der Waals surface area (Å²) in [5, 5.41) is 0. The Balaban J connectivity index is 1.69. The number of carbonyl (C=O) groups is 2. The maximum Gasteiger partial charge on any atom is 0.314 e. The fourth-order valence-corrected chi connectivity index (χ4v) is 4.00. The van der Waals surface area contributed by atoms with Crippen molar-refractivity contribution in [1.82, 2.24) is 9.80 Å². The summed E-state index contributed by atoms with van der Waals surface area (Å²) in [6.07, 6.45) is 1.65. The van der Waals surface area contributed by atoms with Crippen LogP contribution in [0.4, 0.5) is 4.79 Å². The summed E-state index contributed by atoms with van der Waals surface area (Å²) in [6, 6.07) is 9.83. The lowest BCUT2D eigenvalue weighted by Crippen LogP contribution is -2.48. The third kappa shape index (κ3) is 3.38. The van der Waals surface area contributed by atoms with Gasteiger partial charge in [0, 0.05) is 32.1 Å². The third-order valence-electron chi connectivity index (χ3n) is 5.37. The second-order valence-electron chi connectivity index (χ2n) is 6.88. The summed E-state index contributed by atoms with van der Waals surface area (Å²) in [7, 11) is 0. The van der Waals surface area contributed by atoms with E-state index in [1.54, 1.807) is 4.90 Å². The number of urea groups is 1. The van der Waals surface area contributed by atoms with Gasteiger partial charge < -0.3 is 21.3 Å². The van der Waals surface area contributed by atoms with Crippen molar-refractivity contribution in [3.8, 4) is 0 Å². The molecule has 0 spiro atoms. The first-order valence-electron chi connectivity index (χ1n) is 8.68. The molecule has 6 heteroatoms. The summed E-state index contributed by atoms with van der Waals surface area (Å²) in [5.74, 6) is 0.570. The molecule has 130 valence electrons. The molecule has 4 N–H and O–H groups in total. The fourth-order valence-electron chi connectivity index (χ4n) is 4.00. The number of hydrogen-bond acceptors (Lipinski definition) is 3. The van der Waals surface area contributed by atoms with Gasteiger partial charge in [0.05, 0.1) is 5.92 Å². The minimum absolute atomic E-state index is 0.137. The van der Waals surface area contributed by atoms with Gasteiger partial charge in [0.25, 0.3) is 0 Å². The van der Waals surface area contributed by atoms with Gasteiger partial charge in [-0.15, -0.1) is 0 Å². The first-order chi connectivity index (χ1) is 11.6. The van der Waals surface area contributed by atoms with E-state index in [0.29, 0.717) is 32.7 Å². The van der Waals surface area contributed by atoms with E-state index in [9.17, 15) is 9.59 Å². The van der Waals surface area contributed by atoms with Crippen LogP contribution in [0.25, 0.3) is 0 Å². The fraction of sp³-hybridized carbons (Fsp3) is 0.556. The minimum atomic E-state index is -0.434. The molecule has 6 nitrogen and oxygen atoms in total. The molecule has 2 fully saturated rings. The Kier molecular flexibility index (Phi) is 5.04. The number of amides is 3. The van der Waals surface area contributed by atoms with E-state index in [1.807, 2.05) is 23.1 Å². The van der Waals surface area contributed by atoms with Gasteiger partial charge >= 0.3 is 6.03 Å². The zero-order valence-electron chi connectivity index (χ0n) is 13.9. The normalized spacial score (nSPS) is 27.3. The SMILES string of the molecule is NC[C@@H]1CN(C(=O)C2CCCN(C(N)=O)C2)C[C@H]1c1ccccc1. The maximum absolute atomic E-state index is 12.9. The van der Waals surface area contributed by atoms with Crippen LogP contribution in [0.2, 0.25) is 0 Å². The third-order valence-corrected chi connectivity index (χ3v) is 5.37. The van der Waals surface area contributed by atoms with Gasteiger partial charge in [0.15, 0.2) is 0 Å². The van der Waals surface area contributed by atoms with Crippen molar-refractivity contribution < 1.29 is 9.59 Å². The molecule has 1 aromatic carbocycles. The number of nitrogens with two attached hydrogens (primary N) is 2. The molecule has 2 aliphatic rings. The first kappa shape index (κ1) is 16.8. The second-order valence-corrected chi connectivity index (χ2v) is 6.88. The maximum atomic E-state index is 12.9. The van der Waals surface area contributed by atoms with Gasteiger partial charge in [-0.05, 0) is 30.9 Å². The highest BCUT2D eigenvalue weighted by atomic mass is 16.2. The van der Waals surface area contributed by atoms with Crippen LogP contribution >= 0.6 is 0 Å². The monoisotopic (exact) mass is 330 g/mol. The van der Waals surface area contributed by atoms with Crippen LogP contribution in [-0.2, 0) is 4.79 Å². The van der Waals surface area contributed by atoms with Gasteiger partial charge in [-0.2, -0.15) is 0 Å². The first-order valence-corrected chi connectivity index (χ1v) is 8.68. The molecule has 0 saturated carbocycles. The van der Waals surface area contributed by atoms with Gasteiger partial charge in [-0.25, -0.2) is 4.79 Å². The van der Waals surface area contributed by atoms with Crippen LogP contribution in [0.15, 0.2) is 30.3 Å². The molecule has 0 bridgehead atoms. The van der Waals surface area contributed by atoms with Gasteiger partial charge in [0.2, 0.25) is 5.91 Å². The average Bonchev–Trinajstić information content (AvgIpc) is 3.06. The highest BCUT2D eigenvalue weighted by Crippen LogP contribution is 2.33. The standard InChI is InChI=1S/C18H26N4O2/c19-9-15-11-22(12-16(15)13-5-2-1-3-6-13)17(23)14-7-4-8-21(10-14)18(20)24/h1-3,5-6,14-16H,4,7-12,19H2,(H2,20,24)/t14?,15-,16+/m1/s1. The van der Waals surface area contributed by atoms with Crippen molar-refractivity contribution in [2.45, 2.75) is 18.8 Å². The summed E-state index contributed by atoms with van der Waals surface area (Å²) in [4.78, 5) is 27.8. The van der Waals surface area contributed by atoms with E-state index in [0.717, 1.165) is 12.8 Å². The van der Waals surface area contributed by atoms with Crippen LogP contribution in [0.1, 0.15) is 24.3 Å². The molecule has 24 heavy (non-hydrogen) atoms. The summed E-state index contributed by atoms with van der Waals surface area (Å²) >= 11 is 0. The molecule has 0 aromatic heterocycles. The van der Waals surface area contributed by atoms with Crippen molar-refractivity contribution in [3.63, 3.8) is 0 Å².